The van der Waals surface area contributed by atoms with Crippen molar-refractivity contribution in [2.24, 2.45) is 0 Å². The fourth-order valence-corrected chi connectivity index (χ4v) is 2.17. The van der Waals surface area contributed by atoms with Gasteiger partial charge in [0.15, 0.2) is 0 Å². The van der Waals surface area contributed by atoms with Crippen LogP contribution < -0.4 is 0 Å². The largest absolute Gasteiger partial charge is 0.341 e. The van der Waals surface area contributed by atoms with Gasteiger partial charge in [0.2, 0.25) is 0 Å². The molecule has 1 aliphatic rings. The Bertz CT molecular complexity index is 405. The van der Waals surface area contributed by atoms with Crippen LogP contribution in [0.25, 0.3) is 0 Å². The van der Waals surface area contributed by atoms with Gasteiger partial charge in [-0.25, -0.2) is 4.39 Å². The first kappa shape index (κ1) is 9.65. The SMILES string of the molecule is CN1CCc2c(Br)ccc(F)c2C1=O. The van der Waals surface area contributed by atoms with E-state index < -0.39 is 5.82 Å². The lowest BCUT2D eigenvalue weighted by Crippen LogP contribution is -2.35. The monoisotopic (exact) mass is 257 g/mol. The van der Waals surface area contributed by atoms with Gasteiger partial charge in [-0.2, -0.15) is 0 Å². The molecule has 0 saturated heterocycles. The van der Waals surface area contributed by atoms with Crippen LogP contribution in [0.3, 0.4) is 0 Å². The van der Waals surface area contributed by atoms with Crippen LogP contribution in [0.4, 0.5) is 4.39 Å². The van der Waals surface area contributed by atoms with Gasteiger partial charge in [0.25, 0.3) is 5.91 Å². The maximum Gasteiger partial charge on any atom is 0.256 e. The van der Waals surface area contributed by atoms with Crippen LogP contribution in [0.2, 0.25) is 0 Å². The highest BCUT2D eigenvalue weighted by atomic mass is 79.9. The maximum atomic E-state index is 13.4. The summed E-state index contributed by atoms with van der Waals surface area (Å²) in [4.78, 5) is 13.2. The van der Waals surface area contributed by atoms with E-state index in [1.54, 1.807) is 13.1 Å². The fourth-order valence-electron chi connectivity index (χ4n) is 1.64. The van der Waals surface area contributed by atoms with Crippen LogP contribution in [0.15, 0.2) is 16.6 Å². The second kappa shape index (κ2) is 3.35. The van der Waals surface area contributed by atoms with Gasteiger partial charge >= 0.3 is 0 Å². The lowest BCUT2D eigenvalue weighted by atomic mass is 9.99. The average Bonchev–Trinajstić information content (AvgIpc) is 2.16. The first-order valence-electron chi connectivity index (χ1n) is 4.33. The van der Waals surface area contributed by atoms with E-state index in [1.807, 2.05) is 0 Å². The summed E-state index contributed by atoms with van der Waals surface area (Å²) in [5.74, 6) is -0.662. The zero-order valence-corrected chi connectivity index (χ0v) is 9.27. The minimum absolute atomic E-state index is 0.216. The molecule has 0 aliphatic carbocycles. The van der Waals surface area contributed by atoms with Crippen LogP contribution in [-0.2, 0) is 6.42 Å². The zero-order chi connectivity index (χ0) is 10.3. The van der Waals surface area contributed by atoms with Crippen molar-refractivity contribution in [1.82, 2.24) is 4.90 Å². The molecule has 0 atom stereocenters. The summed E-state index contributed by atoms with van der Waals surface area (Å²) in [7, 11) is 1.69. The molecule has 0 fully saturated rings. The molecule has 1 amide bonds. The Morgan fingerprint density at radius 1 is 1.50 bits per heavy atom. The molecule has 1 aromatic carbocycles. The van der Waals surface area contributed by atoms with E-state index in [0.717, 1.165) is 10.0 Å². The van der Waals surface area contributed by atoms with E-state index in [9.17, 15) is 9.18 Å². The molecule has 2 rings (SSSR count). The normalized spacial score (nSPS) is 15.6. The van der Waals surface area contributed by atoms with Gasteiger partial charge in [0.05, 0.1) is 5.56 Å². The third-order valence-corrected chi connectivity index (χ3v) is 3.21. The first-order valence-corrected chi connectivity index (χ1v) is 5.13. The molecule has 14 heavy (non-hydrogen) atoms. The quantitative estimate of drug-likeness (QED) is 0.698. The lowest BCUT2D eigenvalue weighted by molar-refractivity contribution is 0.0775. The Morgan fingerprint density at radius 2 is 2.21 bits per heavy atom. The van der Waals surface area contributed by atoms with E-state index >= 15 is 0 Å². The van der Waals surface area contributed by atoms with Crippen LogP contribution >= 0.6 is 15.9 Å². The summed E-state index contributed by atoms with van der Waals surface area (Å²) in [6.07, 6.45) is 0.704. The van der Waals surface area contributed by atoms with Crippen LogP contribution in [0.1, 0.15) is 15.9 Å². The number of hydrogen-bond donors (Lipinski definition) is 0. The third kappa shape index (κ3) is 1.34. The van der Waals surface area contributed by atoms with Crippen molar-refractivity contribution in [2.45, 2.75) is 6.42 Å². The van der Waals surface area contributed by atoms with E-state index in [-0.39, 0.29) is 11.5 Å². The maximum absolute atomic E-state index is 13.4. The molecule has 0 spiro atoms. The molecule has 4 heteroatoms. The number of halogens is 2. The van der Waals surface area contributed by atoms with Gasteiger partial charge < -0.3 is 4.90 Å². The topological polar surface area (TPSA) is 20.3 Å². The van der Waals surface area contributed by atoms with Crippen molar-refractivity contribution >= 4 is 21.8 Å². The summed E-state index contributed by atoms with van der Waals surface area (Å²) in [5.41, 5.74) is 1.00. The number of nitrogens with zero attached hydrogens (tertiary/aromatic N) is 1. The van der Waals surface area contributed by atoms with E-state index in [0.29, 0.717) is 13.0 Å². The number of likely N-dealkylation sites (N-methyl/N-ethyl adjacent to an activating group) is 1. The fraction of sp³-hybridized carbons (Fsp3) is 0.300. The van der Waals surface area contributed by atoms with Gasteiger partial charge in [-0.05, 0) is 24.1 Å². The van der Waals surface area contributed by atoms with Crippen LogP contribution in [-0.4, -0.2) is 24.4 Å². The molecule has 1 heterocycles. The third-order valence-electron chi connectivity index (χ3n) is 2.46. The molecule has 1 aliphatic heterocycles. The molecule has 1 aromatic rings. The molecule has 2 nitrogen and oxygen atoms in total. The Hall–Kier alpha value is -0.900. The number of hydrogen-bond acceptors (Lipinski definition) is 1. The second-order valence-corrected chi connectivity index (χ2v) is 4.21. The molecular weight excluding hydrogens is 249 g/mol. The average molecular weight is 258 g/mol. The Kier molecular flexibility index (Phi) is 2.31. The number of benzene rings is 1. The Labute approximate surface area is 89.8 Å². The molecule has 0 unspecified atom stereocenters. The van der Waals surface area contributed by atoms with Crippen LogP contribution in [0.5, 0.6) is 0 Å². The minimum atomic E-state index is -0.431. The standard InChI is InChI=1S/C10H9BrFNO/c1-13-5-4-6-7(11)2-3-8(12)9(6)10(13)14/h2-3H,4-5H2,1H3. The number of rotatable bonds is 0. The van der Waals surface area contributed by atoms with Gasteiger partial charge in [-0.15, -0.1) is 0 Å². The van der Waals surface area contributed by atoms with Gasteiger partial charge in [0, 0.05) is 18.1 Å². The number of carbonyl (C=O) groups excluding carboxylic acids is 1. The highest BCUT2D eigenvalue weighted by Gasteiger charge is 2.26. The molecule has 0 aromatic heterocycles. The Balaban J connectivity index is 2.64. The van der Waals surface area contributed by atoms with Gasteiger partial charge in [0.1, 0.15) is 5.82 Å². The van der Waals surface area contributed by atoms with Crippen molar-refractivity contribution in [3.05, 3.63) is 33.5 Å². The van der Waals surface area contributed by atoms with Gasteiger partial charge in [-0.1, -0.05) is 15.9 Å². The summed E-state index contributed by atoms with van der Waals surface area (Å²) in [6, 6.07) is 2.97. The predicted molar refractivity (Wildman–Crippen MR) is 54.8 cm³/mol. The molecule has 0 bridgehead atoms. The molecule has 0 radical (unpaired) electrons. The summed E-state index contributed by atoms with van der Waals surface area (Å²) < 4.78 is 14.2. The van der Waals surface area contributed by atoms with Crippen LogP contribution in [0, 0.1) is 5.82 Å². The summed E-state index contributed by atoms with van der Waals surface area (Å²) in [6.45, 7) is 0.647. The summed E-state index contributed by atoms with van der Waals surface area (Å²) in [5, 5.41) is 0. The molecule has 74 valence electrons. The summed E-state index contributed by atoms with van der Waals surface area (Å²) >= 11 is 3.33. The smallest absolute Gasteiger partial charge is 0.256 e. The second-order valence-electron chi connectivity index (χ2n) is 3.36. The van der Waals surface area contributed by atoms with E-state index in [4.69, 9.17) is 0 Å². The Morgan fingerprint density at radius 3 is 2.93 bits per heavy atom. The molecular formula is C10H9BrFNO. The highest BCUT2D eigenvalue weighted by Crippen LogP contribution is 2.27. The van der Waals surface area contributed by atoms with E-state index in [1.165, 1.54) is 11.0 Å². The number of amides is 1. The predicted octanol–water partition coefficient (Wildman–Crippen LogP) is 2.22. The number of carbonyl (C=O) groups is 1. The number of fused-ring (bicyclic) bond motifs is 1. The van der Waals surface area contributed by atoms with Gasteiger partial charge in [-0.3, -0.25) is 4.79 Å². The first-order chi connectivity index (χ1) is 6.61. The minimum Gasteiger partial charge on any atom is -0.341 e. The van der Waals surface area contributed by atoms with E-state index in [2.05, 4.69) is 15.9 Å². The molecule has 0 saturated carbocycles. The van der Waals surface area contributed by atoms with Crippen molar-refractivity contribution < 1.29 is 9.18 Å². The van der Waals surface area contributed by atoms with Crippen molar-refractivity contribution in [2.75, 3.05) is 13.6 Å². The molecule has 0 N–H and O–H groups in total. The van der Waals surface area contributed by atoms with Crippen molar-refractivity contribution in [1.29, 1.82) is 0 Å². The lowest BCUT2D eigenvalue weighted by Gasteiger charge is -2.25. The highest BCUT2D eigenvalue weighted by molar-refractivity contribution is 9.10. The van der Waals surface area contributed by atoms with Crippen molar-refractivity contribution in [3.63, 3.8) is 0 Å². The van der Waals surface area contributed by atoms with Crippen molar-refractivity contribution in [3.8, 4) is 0 Å². The zero-order valence-electron chi connectivity index (χ0n) is 7.68.